The Morgan fingerprint density at radius 2 is 1.82 bits per heavy atom. The van der Waals surface area contributed by atoms with Crippen LogP contribution in [0.15, 0.2) is 41.2 Å². The van der Waals surface area contributed by atoms with E-state index in [1.165, 1.54) is 14.2 Å². The summed E-state index contributed by atoms with van der Waals surface area (Å²) in [6.45, 7) is 0. The molecule has 0 saturated heterocycles. The Bertz CT molecular complexity index is 1320. The van der Waals surface area contributed by atoms with Gasteiger partial charge in [-0.25, -0.2) is 0 Å². The molecule has 0 saturated carbocycles. The van der Waals surface area contributed by atoms with Crippen LogP contribution in [0.3, 0.4) is 0 Å². The van der Waals surface area contributed by atoms with Crippen LogP contribution in [-0.2, 0) is 9.59 Å². The van der Waals surface area contributed by atoms with Gasteiger partial charge in [0.25, 0.3) is 5.56 Å². The number of rotatable bonds is 6. The number of hydrogen-bond donors (Lipinski definition) is 4. The van der Waals surface area contributed by atoms with Gasteiger partial charge in [-0.05, 0) is 30.3 Å². The number of hydrogen-bond acceptors (Lipinski definition) is 7. The van der Waals surface area contributed by atoms with Gasteiger partial charge >= 0.3 is 0 Å². The maximum absolute atomic E-state index is 13.1. The minimum atomic E-state index is -1.07. The van der Waals surface area contributed by atoms with Gasteiger partial charge in [-0.1, -0.05) is 23.2 Å². The largest absolute Gasteiger partial charge is 0.497 e. The first-order valence-electron chi connectivity index (χ1n) is 9.97. The molecule has 12 heteroatoms. The topological polar surface area (TPSA) is 134 Å². The Labute approximate surface area is 203 Å². The van der Waals surface area contributed by atoms with Gasteiger partial charge in [0, 0.05) is 28.2 Å². The van der Waals surface area contributed by atoms with Crippen LogP contribution in [0.2, 0.25) is 10.0 Å². The molecule has 0 aliphatic carbocycles. The van der Waals surface area contributed by atoms with Gasteiger partial charge in [-0.15, -0.1) is 0 Å². The number of benzene rings is 2. The molecule has 176 valence electrons. The van der Waals surface area contributed by atoms with Crippen LogP contribution >= 0.6 is 23.2 Å². The molecule has 34 heavy (non-hydrogen) atoms. The fraction of sp³-hybridized carbons (Fsp3) is 0.182. The number of aromatic nitrogens is 2. The molecule has 1 aromatic heterocycles. The summed E-state index contributed by atoms with van der Waals surface area (Å²) >= 11 is 12.0. The summed E-state index contributed by atoms with van der Waals surface area (Å²) in [6, 6.07) is 9.58. The van der Waals surface area contributed by atoms with Gasteiger partial charge in [-0.2, -0.15) is 4.98 Å². The van der Waals surface area contributed by atoms with Gasteiger partial charge in [0.05, 0.1) is 31.4 Å². The van der Waals surface area contributed by atoms with Crippen molar-refractivity contribution in [3.63, 3.8) is 0 Å². The lowest BCUT2D eigenvalue weighted by Gasteiger charge is -2.24. The first-order valence-corrected chi connectivity index (χ1v) is 10.7. The van der Waals surface area contributed by atoms with Crippen LogP contribution in [0.25, 0.3) is 0 Å². The third kappa shape index (κ3) is 4.92. The van der Waals surface area contributed by atoms with Crippen molar-refractivity contribution in [3.8, 4) is 11.5 Å². The van der Waals surface area contributed by atoms with E-state index in [4.69, 9.17) is 32.7 Å². The molecule has 0 fully saturated rings. The number of carbonyl (C=O) groups is 2. The monoisotopic (exact) mass is 503 g/mol. The number of anilines is 4. The van der Waals surface area contributed by atoms with Crippen molar-refractivity contribution in [2.24, 2.45) is 0 Å². The predicted molar refractivity (Wildman–Crippen MR) is 129 cm³/mol. The van der Waals surface area contributed by atoms with Crippen molar-refractivity contribution in [1.82, 2.24) is 9.97 Å². The Hall–Kier alpha value is -3.76. The lowest BCUT2D eigenvalue weighted by atomic mass is 9.92. The third-order valence-corrected chi connectivity index (χ3v) is 5.50. The fourth-order valence-electron chi connectivity index (χ4n) is 3.54. The number of amides is 2. The maximum atomic E-state index is 13.1. The van der Waals surface area contributed by atoms with E-state index in [1.54, 1.807) is 36.4 Å². The van der Waals surface area contributed by atoms with Gasteiger partial charge in [0.2, 0.25) is 17.8 Å². The molecule has 2 aromatic carbocycles. The summed E-state index contributed by atoms with van der Waals surface area (Å²) in [5, 5.41) is 8.92. The summed E-state index contributed by atoms with van der Waals surface area (Å²) in [7, 11) is 2.96. The molecule has 0 radical (unpaired) electrons. The third-order valence-electron chi connectivity index (χ3n) is 5.06. The maximum Gasteiger partial charge on any atom is 0.258 e. The number of carbonyl (C=O) groups excluding carboxylic acids is 2. The number of ether oxygens (including phenoxy) is 2. The number of nitrogens with zero attached hydrogens (tertiary/aromatic N) is 1. The molecule has 3 aromatic rings. The molecule has 1 unspecified atom stereocenters. The van der Waals surface area contributed by atoms with Crippen molar-refractivity contribution in [3.05, 3.63) is 62.4 Å². The van der Waals surface area contributed by atoms with Gasteiger partial charge in [-0.3, -0.25) is 19.4 Å². The minimum absolute atomic E-state index is 0.0162. The summed E-state index contributed by atoms with van der Waals surface area (Å²) < 4.78 is 10.5. The summed E-state index contributed by atoms with van der Waals surface area (Å²) in [4.78, 5) is 45.2. The van der Waals surface area contributed by atoms with Gasteiger partial charge in [0.1, 0.15) is 17.3 Å². The summed E-state index contributed by atoms with van der Waals surface area (Å²) in [5.41, 5.74) is 0.298. The smallest absolute Gasteiger partial charge is 0.258 e. The average Bonchev–Trinajstić information content (AvgIpc) is 2.77. The van der Waals surface area contributed by atoms with Crippen LogP contribution in [0.4, 0.5) is 23.1 Å². The summed E-state index contributed by atoms with van der Waals surface area (Å²) in [6.07, 6.45) is -0.223. The average molecular weight is 504 g/mol. The Balaban J connectivity index is 1.64. The molecule has 0 spiro atoms. The Morgan fingerprint density at radius 3 is 2.50 bits per heavy atom. The molecule has 4 N–H and O–H groups in total. The second-order valence-corrected chi connectivity index (χ2v) is 8.19. The van der Waals surface area contributed by atoms with Crippen LogP contribution in [0.1, 0.15) is 17.9 Å². The minimum Gasteiger partial charge on any atom is -0.497 e. The molecule has 0 bridgehead atoms. The lowest BCUT2D eigenvalue weighted by Crippen LogP contribution is -2.36. The van der Waals surface area contributed by atoms with E-state index in [9.17, 15) is 14.4 Å². The number of H-pyrrole nitrogens is 1. The SMILES string of the molecule is COc1ccc(NC(=O)C2CC(=O)Nc3nc(Nc4cc(Cl)cc(Cl)c4)[nH]c(=O)c32)c(OC)c1. The zero-order chi connectivity index (χ0) is 24.4. The van der Waals surface area contributed by atoms with E-state index in [1.807, 2.05) is 0 Å². The van der Waals surface area contributed by atoms with E-state index in [2.05, 4.69) is 25.9 Å². The molecule has 1 aliphatic heterocycles. The van der Waals surface area contributed by atoms with Crippen molar-refractivity contribution in [2.45, 2.75) is 12.3 Å². The quantitative estimate of drug-likeness (QED) is 0.400. The number of aromatic amines is 1. The molecular weight excluding hydrogens is 485 g/mol. The normalized spacial score (nSPS) is 14.6. The van der Waals surface area contributed by atoms with Crippen LogP contribution in [0.5, 0.6) is 11.5 Å². The highest BCUT2D eigenvalue weighted by Gasteiger charge is 2.35. The Kier molecular flexibility index (Phi) is 6.62. The van der Waals surface area contributed by atoms with Crippen molar-refractivity contribution in [1.29, 1.82) is 0 Å². The van der Waals surface area contributed by atoms with E-state index >= 15 is 0 Å². The zero-order valence-electron chi connectivity index (χ0n) is 18.0. The highest BCUT2D eigenvalue weighted by atomic mass is 35.5. The second-order valence-electron chi connectivity index (χ2n) is 7.32. The predicted octanol–water partition coefficient (Wildman–Crippen LogP) is 3.90. The molecule has 2 amide bonds. The number of halogens is 2. The van der Waals surface area contributed by atoms with Gasteiger partial charge in [0.15, 0.2) is 0 Å². The van der Waals surface area contributed by atoms with Crippen LogP contribution in [0, 0.1) is 0 Å². The molecule has 10 nitrogen and oxygen atoms in total. The summed E-state index contributed by atoms with van der Waals surface area (Å²) in [5.74, 6) is -1.16. The van der Waals surface area contributed by atoms with Crippen LogP contribution in [-0.4, -0.2) is 36.0 Å². The number of methoxy groups -OCH3 is 2. The van der Waals surface area contributed by atoms with E-state index in [0.717, 1.165) is 0 Å². The number of nitrogens with one attached hydrogen (secondary N) is 4. The standard InChI is InChI=1S/C22H19Cl2N5O5/c1-33-13-3-4-15(16(8-13)34-2)26-20(31)14-9-17(30)27-19-18(14)21(32)29-22(28-19)25-12-6-10(23)5-11(24)7-12/h3-8,14H,9H2,1-2H3,(H,26,31)(H3,25,27,28,29,30,32). The van der Waals surface area contributed by atoms with Crippen molar-refractivity contribution < 1.29 is 19.1 Å². The molecule has 4 rings (SSSR count). The first kappa shape index (κ1) is 23.4. The number of fused-ring (bicyclic) bond motifs is 1. The Morgan fingerprint density at radius 1 is 1.09 bits per heavy atom. The molecule has 1 atom stereocenters. The van der Waals surface area contributed by atoms with Crippen molar-refractivity contribution in [2.75, 3.05) is 30.2 Å². The zero-order valence-corrected chi connectivity index (χ0v) is 19.5. The van der Waals surface area contributed by atoms with E-state index < -0.39 is 23.3 Å². The van der Waals surface area contributed by atoms with Crippen LogP contribution < -0.4 is 31.0 Å². The van der Waals surface area contributed by atoms with E-state index in [-0.39, 0.29) is 23.8 Å². The van der Waals surface area contributed by atoms with E-state index in [0.29, 0.717) is 32.9 Å². The lowest BCUT2D eigenvalue weighted by molar-refractivity contribution is -0.123. The molecular formula is C22H19Cl2N5O5. The second kappa shape index (κ2) is 9.62. The molecule has 1 aliphatic rings. The highest BCUT2D eigenvalue weighted by Crippen LogP contribution is 2.33. The first-order chi connectivity index (χ1) is 16.3. The van der Waals surface area contributed by atoms with Crippen molar-refractivity contribution >= 4 is 58.2 Å². The fourth-order valence-corrected chi connectivity index (χ4v) is 4.06. The molecule has 2 heterocycles. The highest BCUT2D eigenvalue weighted by molar-refractivity contribution is 6.35. The van der Waals surface area contributed by atoms with Gasteiger partial charge < -0.3 is 25.4 Å².